The summed E-state index contributed by atoms with van der Waals surface area (Å²) in [5, 5.41) is 1.54. The quantitative estimate of drug-likeness (QED) is 0.550. The van der Waals surface area contributed by atoms with Gasteiger partial charge in [0.2, 0.25) is 0 Å². The van der Waals surface area contributed by atoms with Gasteiger partial charge in [-0.05, 0) is 35.2 Å². The van der Waals surface area contributed by atoms with E-state index < -0.39 is 5.97 Å². The van der Waals surface area contributed by atoms with Crippen LogP contribution < -0.4 is 4.74 Å². The van der Waals surface area contributed by atoms with E-state index in [1.165, 1.54) is 0 Å². The number of nitrogens with one attached hydrogen (secondary N) is 1. The number of aromatic amines is 1. The van der Waals surface area contributed by atoms with E-state index in [1.54, 1.807) is 12.1 Å². The molecule has 1 heterocycles. The number of rotatable bonds is 3. The van der Waals surface area contributed by atoms with E-state index in [9.17, 15) is 9.59 Å². The minimum absolute atomic E-state index is 0.0279. The van der Waals surface area contributed by atoms with Crippen LogP contribution in [0.15, 0.2) is 42.6 Å². The van der Waals surface area contributed by atoms with Crippen molar-refractivity contribution in [3.8, 4) is 5.75 Å². The molecule has 0 aliphatic heterocycles. The minimum atomic E-state index is -0.401. The van der Waals surface area contributed by atoms with E-state index >= 15 is 0 Å². The van der Waals surface area contributed by atoms with Gasteiger partial charge in [0.15, 0.2) is 5.78 Å². The van der Waals surface area contributed by atoms with Crippen molar-refractivity contribution in [2.45, 2.75) is 25.7 Å². The maximum Gasteiger partial charge on any atom is 0.315 e. The van der Waals surface area contributed by atoms with Crippen molar-refractivity contribution >= 4 is 34.3 Å². The third-order valence-corrected chi connectivity index (χ3v) is 4.98. The Morgan fingerprint density at radius 1 is 1.28 bits per heavy atom. The largest absolute Gasteiger partial charge is 0.425 e. The van der Waals surface area contributed by atoms with Crippen LogP contribution in [0.2, 0.25) is 5.02 Å². The lowest BCUT2D eigenvalue weighted by molar-refractivity contribution is -0.133. The number of carbonyl (C=O) groups is 2. The van der Waals surface area contributed by atoms with Gasteiger partial charge in [0.25, 0.3) is 0 Å². The molecular formula is C20H16ClNO3. The number of ether oxygens (including phenoxy) is 1. The summed E-state index contributed by atoms with van der Waals surface area (Å²) < 4.78 is 5.52. The molecule has 0 bridgehead atoms. The second kappa shape index (κ2) is 6.05. The number of H-pyrrole nitrogens is 1. The van der Waals surface area contributed by atoms with Gasteiger partial charge in [-0.2, -0.15) is 0 Å². The lowest BCUT2D eigenvalue weighted by atomic mass is 10.0. The summed E-state index contributed by atoms with van der Waals surface area (Å²) in [4.78, 5) is 27.8. The topological polar surface area (TPSA) is 59.2 Å². The molecule has 2 aromatic carbocycles. The minimum Gasteiger partial charge on any atom is -0.425 e. The van der Waals surface area contributed by atoms with Crippen molar-refractivity contribution in [3.05, 3.63) is 64.3 Å². The van der Waals surface area contributed by atoms with Gasteiger partial charge in [-0.3, -0.25) is 9.59 Å². The normalized spacial score (nSPS) is 16.2. The molecule has 0 spiro atoms. The number of esters is 1. The molecule has 0 saturated carbocycles. The van der Waals surface area contributed by atoms with Crippen LogP contribution in [0.1, 0.15) is 40.7 Å². The highest BCUT2D eigenvalue weighted by molar-refractivity contribution is 6.32. The molecule has 0 unspecified atom stereocenters. The van der Waals surface area contributed by atoms with Crippen molar-refractivity contribution in [1.29, 1.82) is 0 Å². The number of benzene rings is 2. The third kappa shape index (κ3) is 2.72. The molecule has 126 valence electrons. The Labute approximate surface area is 149 Å². The number of halogens is 1. The van der Waals surface area contributed by atoms with Crippen molar-refractivity contribution in [2.75, 3.05) is 0 Å². The van der Waals surface area contributed by atoms with Gasteiger partial charge in [-0.15, -0.1) is 0 Å². The molecule has 1 aliphatic carbocycles. The van der Waals surface area contributed by atoms with Crippen molar-refractivity contribution in [3.63, 3.8) is 0 Å². The number of ketones is 1. The molecule has 3 aromatic rings. The van der Waals surface area contributed by atoms with Crippen LogP contribution in [0.4, 0.5) is 0 Å². The van der Waals surface area contributed by atoms with Crippen LogP contribution in [0.25, 0.3) is 10.9 Å². The molecule has 4 rings (SSSR count). The Morgan fingerprint density at radius 3 is 2.92 bits per heavy atom. The highest BCUT2D eigenvalue weighted by atomic mass is 35.5. The first-order valence-electron chi connectivity index (χ1n) is 8.16. The summed E-state index contributed by atoms with van der Waals surface area (Å²) in [7, 11) is 0. The van der Waals surface area contributed by atoms with Gasteiger partial charge < -0.3 is 9.72 Å². The Kier molecular flexibility index (Phi) is 3.85. The zero-order valence-corrected chi connectivity index (χ0v) is 14.4. The Balaban J connectivity index is 1.61. The van der Waals surface area contributed by atoms with Crippen molar-refractivity contribution in [2.24, 2.45) is 0 Å². The summed E-state index contributed by atoms with van der Waals surface area (Å²) >= 11 is 6.22. The van der Waals surface area contributed by atoms with Gasteiger partial charge in [-0.1, -0.05) is 36.7 Å². The van der Waals surface area contributed by atoms with Crippen molar-refractivity contribution in [1.82, 2.24) is 4.98 Å². The van der Waals surface area contributed by atoms with E-state index in [1.807, 2.05) is 37.4 Å². The molecular weight excluding hydrogens is 338 g/mol. The van der Waals surface area contributed by atoms with Gasteiger partial charge in [0.1, 0.15) is 5.75 Å². The highest BCUT2D eigenvalue weighted by Crippen LogP contribution is 2.42. The van der Waals surface area contributed by atoms with Crippen LogP contribution in [0.5, 0.6) is 5.75 Å². The molecule has 4 nitrogen and oxygen atoms in total. The number of carbonyl (C=O) groups excluding carboxylic acids is 2. The van der Waals surface area contributed by atoms with E-state index in [2.05, 4.69) is 4.98 Å². The molecule has 25 heavy (non-hydrogen) atoms. The number of hydrogen-bond acceptors (Lipinski definition) is 3. The van der Waals surface area contributed by atoms with Crippen LogP contribution in [0, 0.1) is 0 Å². The standard InChI is InChI=1S/C20H16ClNO3/c1-11-8-16(23)20-17(7-6-14(21)19(11)20)25-18(24)9-12-10-22-15-5-3-2-4-13(12)15/h2-7,10-11,22H,8-9H2,1H3/t11-/m1/s1. The molecule has 1 atom stereocenters. The molecule has 1 aromatic heterocycles. The summed E-state index contributed by atoms with van der Waals surface area (Å²) in [5.41, 5.74) is 3.07. The zero-order valence-electron chi connectivity index (χ0n) is 13.6. The van der Waals surface area contributed by atoms with Crippen LogP contribution >= 0.6 is 11.6 Å². The Bertz CT molecular complexity index is 1010. The molecule has 0 fully saturated rings. The van der Waals surface area contributed by atoms with Crippen LogP contribution in [0.3, 0.4) is 0 Å². The monoisotopic (exact) mass is 353 g/mol. The smallest absolute Gasteiger partial charge is 0.315 e. The fourth-order valence-corrected chi connectivity index (χ4v) is 3.85. The predicted octanol–water partition coefficient (Wildman–Crippen LogP) is 4.66. The molecule has 1 aliphatic rings. The first-order chi connectivity index (χ1) is 12.0. The van der Waals surface area contributed by atoms with E-state index in [0.717, 1.165) is 22.0 Å². The average molecular weight is 354 g/mol. The first kappa shape index (κ1) is 15.9. The lowest BCUT2D eigenvalue weighted by Crippen LogP contribution is -2.13. The SMILES string of the molecule is C[C@@H]1CC(=O)c2c(OC(=O)Cc3c[nH]c4ccccc34)ccc(Cl)c21. The number of fused-ring (bicyclic) bond motifs is 2. The summed E-state index contributed by atoms with van der Waals surface area (Å²) in [6.07, 6.45) is 2.34. The molecule has 1 N–H and O–H groups in total. The van der Waals surface area contributed by atoms with Crippen LogP contribution in [-0.2, 0) is 11.2 Å². The molecule has 0 saturated heterocycles. The van der Waals surface area contributed by atoms with E-state index in [0.29, 0.717) is 22.8 Å². The summed E-state index contributed by atoms with van der Waals surface area (Å²) in [6.45, 7) is 1.95. The van der Waals surface area contributed by atoms with Gasteiger partial charge in [0.05, 0.1) is 12.0 Å². The Hall–Kier alpha value is -2.59. The summed E-state index contributed by atoms with van der Waals surface area (Å²) in [5.74, 6) is -0.0811. The second-order valence-electron chi connectivity index (χ2n) is 6.37. The van der Waals surface area contributed by atoms with Gasteiger partial charge in [0, 0.05) is 28.5 Å². The maximum atomic E-state index is 12.4. The molecule has 5 heteroatoms. The maximum absolute atomic E-state index is 12.4. The number of para-hydroxylation sites is 1. The number of aromatic nitrogens is 1. The van der Waals surface area contributed by atoms with Crippen LogP contribution in [-0.4, -0.2) is 16.7 Å². The number of Topliss-reactive ketones (excluding diaryl/α,β-unsaturated/α-hetero) is 1. The van der Waals surface area contributed by atoms with Gasteiger partial charge >= 0.3 is 5.97 Å². The fraction of sp³-hybridized carbons (Fsp3) is 0.200. The molecule has 0 radical (unpaired) electrons. The van der Waals surface area contributed by atoms with E-state index in [4.69, 9.17) is 16.3 Å². The Morgan fingerprint density at radius 2 is 2.08 bits per heavy atom. The third-order valence-electron chi connectivity index (χ3n) is 4.65. The average Bonchev–Trinajstić information content (AvgIpc) is 3.12. The second-order valence-corrected chi connectivity index (χ2v) is 6.78. The highest BCUT2D eigenvalue weighted by Gasteiger charge is 2.32. The number of hydrogen-bond donors (Lipinski definition) is 1. The predicted molar refractivity (Wildman–Crippen MR) is 96.5 cm³/mol. The summed E-state index contributed by atoms with van der Waals surface area (Å²) in [6, 6.07) is 11.1. The van der Waals surface area contributed by atoms with E-state index in [-0.39, 0.29) is 18.1 Å². The fourth-order valence-electron chi connectivity index (χ4n) is 3.50. The van der Waals surface area contributed by atoms with Crippen molar-refractivity contribution < 1.29 is 14.3 Å². The molecule has 0 amide bonds. The first-order valence-corrected chi connectivity index (χ1v) is 8.53. The van der Waals surface area contributed by atoms with Gasteiger partial charge in [-0.25, -0.2) is 0 Å². The lowest BCUT2D eigenvalue weighted by Gasteiger charge is -2.11. The zero-order chi connectivity index (χ0) is 17.6.